The molecule has 5 nitrogen and oxygen atoms in total. The second-order valence-corrected chi connectivity index (χ2v) is 5.53. The molecule has 0 radical (unpaired) electrons. The fourth-order valence-corrected chi connectivity index (χ4v) is 2.51. The van der Waals surface area contributed by atoms with Crippen LogP contribution in [0.2, 0.25) is 0 Å². The molecule has 1 aliphatic rings. The maximum Gasteiger partial charge on any atom is 0.238 e. The van der Waals surface area contributed by atoms with E-state index in [1.54, 1.807) is 36.4 Å². The van der Waals surface area contributed by atoms with E-state index in [1.165, 1.54) is 6.07 Å². The standard InChI is InChI=1S/C18H19FN2O3/c1-12(14-4-2-3-5-15(14)19)20-11-18(22)21-13-6-7-16-17(10-13)24-9-8-23-16/h2-7,10,12,20H,8-9,11H2,1H3,(H,21,22). The highest BCUT2D eigenvalue weighted by atomic mass is 19.1. The third-order valence-corrected chi connectivity index (χ3v) is 3.77. The van der Waals surface area contributed by atoms with Crippen LogP contribution in [-0.4, -0.2) is 25.7 Å². The van der Waals surface area contributed by atoms with Crippen LogP contribution < -0.4 is 20.1 Å². The van der Waals surface area contributed by atoms with Crippen molar-refractivity contribution in [2.24, 2.45) is 0 Å². The van der Waals surface area contributed by atoms with E-state index in [2.05, 4.69) is 10.6 Å². The summed E-state index contributed by atoms with van der Waals surface area (Å²) in [6, 6.07) is 11.5. The van der Waals surface area contributed by atoms with Crippen molar-refractivity contribution in [1.29, 1.82) is 0 Å². The van der Waals surface area contributed by atoms with Crippen molar-refractivity contribution in [3.05, 3.63) is 53.8 Å². The smallest absolute Gasteiger partial charge is 0.238 e. The van der Waals surface area contributed by atoms with Gasteiger partial charge in [-0.15, -0.1) is 0 Å². The molecule has 2 aromatic carbocycles. The summed E-state index contributed by atoms with van der Waals surface area (Å²) in [6.07, 6.45) is 0. The monoisotopic (exact) mass is 330 g/mol. The van der Waals surface area contributed by atoms with Crippen LogP contribution in [-0.2, 0) is 4.79 Å². The lowest BCUT2D eigenvalue weighted by atomic mass is 10.1. The molecule has 1 heterocycles. The molecule has 2 aromatic rings. The molecule has 0 bridgehead atoms. The lowest BCUT2D eigenvalue weighted by Gasteiger charge is -2.19. The van der Waals surface area contributed by atoms with E-state index in [-0.39, 0.29) is 24.3 Å². The van der Waals surface area contributed by atoms with Crippen molar-refractivity contribution in [1.82, 2.24) is 5.32 Å². The van der Waals surface area contributed by atoms with Crippen LogP contribution in [0.3, 0.4) is 0 Å². The van der Waals surface area contributed by atoms with Crippen molar-refractivity contribution in [2.75, 3.05) is 25.1 Å². The first kappa shape index (κ1) is 16.3. The highest BCUT2D eigenvalue weighted by Crippen LogP contribution is 2.32. The number of hydrogen-bond donors (Lipinski definition) is 2. The van der Waals surface area contributed by atoms with Crippen LogP contribution in [0, 0.1) is 5.82 Å². The number of halogens is 1. The lowest BCUT2D eigenvalue weighted by molar-refractivity contribution is -0.115. The van der Waals surface area contributed by atoms with Crippen LogP contribution in [0.4, 0.5) is 10.1 Å². The summed E-state index contributed by atoms with van der Waals surface area (Å²) in [5.74, 6) is 0.789. The molecule has 2 N–H and O–H groups in total. The minimum Gasteiger partial charge on any atom is -0.486 e. The van der Waals surface area contributed by atoms with Gasteiger partial charge in [0.1, 0.15) is 19.0 Å². The Kier molecular flexibility index (Phi) is 4.96. The summed E-state index contributed by atoms with van der Waals surface area (Å²) in [6.45, 7) is 2.91. The molecule has 1 amide bonds. The molecule has 0 aromatic heterocycles. The zero-order valence-corrected chi connectivity index (χ0v) is 13.3. The van der Waals surface area contributed by atoms with Gasteiger partial charge in [0.05, 0.1) is 6.54 Å². The molecule has 0 aliphatic carbocycles. The Hall–Kier alpha value is -2.60. The van der Waals surface area contributed by atoms with Gasteiger partial charge in [0.15, 0.2) is 11.5 Å². The molecule has 1 unspecified atom stereocenters. The highest BCUT2D eigenvalue weighted by Gasteiger charge is 2.14. The predicted octanol–water partition coefficient (Wildman–Crippen LogP) is 2.89. The van der Waals surface area contributed by atoms with Gasteiger partial charge in [-0.05, 0) is 25.1 Å². The van der Waals surface area contributed by atoms with Gasteiger partial charge in [-0.25, -0.2) is 4.39 Å². The van der Waals surface area contributed by atoms with E-state index < -0.39 is 0 Å². The summed E-state index contributed by atoms with van der Waals surface area (Å²) < 4.78 is 24.6. The van der Waals surface area contributed by atoms with E-state index in [1.807, 2.05) is 6.92 Å². The van der Waals surface area contributed by atoms with Crippen LogP contribution in [0.1, 0.15) is 18.5 Å². The number of nitrogens with one attached hydrogen (secondary N) is 2. The third-order valence-electron chi connectivity index (χ3n) is 3.77. The summed E-state index contributed by atoms with van der Waals surface area (Å²) in [5, 5.41) is 5.80. The summed E-state index contributed by atoms with van der Waals surface area (Å²) >= 11 is 0. The Labute approximate surface area is 139 Å². The first-order valence-electron chi connectivity index (χ1n) is 7.81. The second-order valence-electron chi connectivity index (χ2n) is 5.53. The number of benzene rings is 2. The van der Waals surface area contributed by atoms with Gasteiger partial charge in [-0.3, -0.25) is 4.79 Å². The van der Waals surface area contributed by atoms with Crippen molar-refractivity contribution in [3.8, 4) is 11.5 Å². The molecule has 0 spiro atoms. The minimum atomic E-state index is -0.287. The quantitative estimate of drug-likeness (QED) is 0.885. The molecule has 126 valence electrons. The maximum atomic E-state index is 13.7. The van der Waals surface area contributed by atoms with E-state index >= 15 is 0 Å². The summed E-state index contributed by atoms with van der Waals surface area (Å²) in [5.41, 5.74) is 1.16. The van der Waals surface area contributed by atoms with Crippen molar-refractivity contribution in [3.63, 3.8) is 0 Å². The average Bonchev–Trinajstić information content (AvgIpc) is 2.60. The second kappa shape index (κ2) is 7.31. The van der Waals surface area contributed by atoms with Gasteiger partial charge in [0.25, 0.3) is 0 Å². The van der Waals surface area contributed by atoms with Crippen molar-refractivity contribution >= 4 is 11.6 Å². The van der Waals surface area contributed by atoms with Gasteiger partial charge in [-0.1, -0.05) is 18.2 Å². The van der Waals surface area contributed by atoms with Crippen LogP contribution in [0.25, 0.3) is 0 Å². The average molecular weight is 330 g/mol. The number of hydrogen-bond acceptors (Lipinski definition) is 4. The normalized spacial score (nSPS) is 14.1. The summed E-state index contributed by atoms with van der Waals surface area (Å²) in [4.78, 5) is 12.1. The molecule has 1 aliphatic heterocycles. The predicted molar refractivity (Wildman–Crippen MR) is 88.9 cm³/mol. The van der Waals surface area contributed by atoms with E-state index in [9.17, 15) is 9.18 Å². The topological polar surface area (TPSA) is 59.6 Å². The fraction of sp³-hybridized carbons (Fsp3) is 0.278. The van der Waals surface area contributed by atoms with Crippen LogP contribution in [0.15, 0.2) is 42.5 Å². The molecule has 3 rings (SSSR count). The van der Waals surface area contributed by atoms with Gasteiger partial charge >= 0.3 is 0 Å². The Morgan fingerprint density at radius 1 is 1.17 bits per heavy atom. The Morgan fingerprint density at radius 2 is 1.92 bits per heavy atom. The highest BCUT2D eigenvalue weighted by molar-refractivity contribution is 5.92. The Morgan fingerprint density at radius 3 is 2.71 bits per heavy atom. The molecular weight excluding hydrogens is 311 g/mol. The number of rotatable bonds is 5. The number of carbonyl (C=O) groups excluding carboxylic acids is 1. The summed E-state index contributed by atoms with van der Waals surface area (Å²) in [7, 11) is 0. The zero-order valence-electron chi connectivity index (χ0n) is 13.3. The van der Waals surface area contributed by atoms with Gasteiger partial charge in [0, 0.05) is 23.4 Å². The van der Waals surface area contributed by atoms with Gasteiger partial charge < -0.3 is 20.1 Å². The molecular formula is C18H19FN2O3. The number of carbonyl (C=O) groups is 1. The molecule has 0 fully saturated rings. The van der Waals surface area contributed by atoms with Crippen molar-refractivity contribution < 1.29 is 18.7 Å². The van der Waals surface area contributed by atoms with E-state index in [0.29, 0.717) is 36.0 Å². The van der Waals surface area contributed by atoms with Gasteiger partial charge in [-0.2, -0.15) is 0 Å². The molecule has 6 heteroatoms. The van der Waals surface area contributed by atoms with Gasteiger partial charge in [0.2, 0.25) is 5.91 Å². The Balaban J connectivity index is 1.55. The molecule has 1 atom stereocenters. The van der Waals surface area contributed by atoms with Crippen LogP contribution >= 0.6 is 0 Å². The molecule has 0 saturated heterocycles. The maximum absolute atomic E-state index is 13.7. The third kappa shape index (κ3) is 3.83. The van der Waals surface area contributed by atoms with Crippen LogP contribution in [0.5, 0.6) is 11.5 Å². The Bertz CT molecular complexity index is 736. The van der Waals surface area contributed by atoms with Crippen molar-refractivity contribution in [2.45, 2.75) is 13.0 Å². The number of anilines is 1. The SMILES string of the molecule is CC(NCC(=O)Nc1ccc2c(c1)OCCO2)c1ccccc1F. The first-order valence-corrected chi connectivity index (χ1v) is 7.81. The zero-order chi connectivity index (χ0) is 16.9. The number of ether oxygens (including phenoxy) is 2. The molecule has 0 saturated carbocycles. The minimum absolute atomic E-state index is 0.0734. The fourth-order valence-electron chi connectivity index (χ4n) is 2.51. The van der Waals surface area contributed by atoms with E-state index in [4.69, 9.17) is 9.47 Å². The first-order chi connectivity index (χ1) is 11.6. The number of fused-ring (bicyclic) bond motifs is 1. The lowest BCUT2D eigenvalue weighted by Crippen LogP contribution is -2.30. The largest absolute Gasteiger partial charge is 0.486 e. The molecule has 24 heavy (non-hydrogen) atoms. The van der Waals surface area contributed by atoms with E-state index in [0.717, 1.165) is 0 Å². The number of amides is 1.